The summed E-state index contributed by atoms with van der Waals surface area (Å²) in [6.07, 6.45) is 5.21. The number of nitrogens with one attached hydrogen (secondary N) is 1. The average molecular weight is 428 g/mol. The molecule has 7 heteroatoms. The van der Waals surface area contributed by atoms with Crippen molar-refractivity contribution in [3.8, 4) is 11.4 Å². The summed E-state index contributed by atoms with van der Waals surface area (Å²) in [4.78, 5) is 24.4. The van der Waals surface area contributed by atoms with Crippen LogP contribution < -0.4 is 10.1 Å². The maximum atomic E-state index is 12.2. The minimum Gasteiger partial charge on any atom is -0.497 e. The van der Waals surface area contributed by atoms with Crippen LogP contribution >= 0.6 is 0 Å². The van der Waals surface area contributed by atoms with Crippen molar-refractivity contribution in [1.29, 1.82) is 0 Å². The lowest BCUT2D eigenvalue weighted by Crippen LogP contribution is -2.42. The van der Waals surface area contributed by atoms with Crippen LogP contribution in [0.15, 0.2) is 24.3 Å². The zero-order valence-corrected chi connectivity index (χ0v) is 18.9. The standard InChI is InChI=1S/C24H33N3O4/c1-16-8-5-6-11-22(16)25-23(28)15-31-24(29)13-12-21-17(2)26-27(18(21)3)19-9-7-10-20(14-19)30-4/h7,9-10,14,16,22H,5-6,8,11-13,15H2,1-4H3,(H,25,28)/t16-,22+/m1/s1. The van der Waals surface area contributed by atoms with Crippen LogP contribution in [0, 0.1) is 19.8 Å². The molecule has 0 bridgehead atoms. The monoisotopic (exact) mass is 427 g/mol. The molecule has 7 nitrogen and oxygen atoms in total. The first kappa shape index (κ1) is 22.8. The summed E-state index contributed by atoms with van der Waals surface area (Å²) in [7, 11) is 1.63. The minimum absolute atomic E-state index is 0.188. The number of carbonyl (C=O) groups excluding carboxylic acids is 2. The average Bonchev–Trinajstić information content (AvgIpc) is 3.05. The fourth-order valence-electron chi connectivity index (χ4n) is 4.25. The molecule has 1 aromatic carbocycles. The van der Waals surface area contributed by atoms with Crippen molar-refractivity contribution in [1.82, 2.24) is 15.1 Å². The summed E-state index contributed by atoms with van der Waals surface area (Å²) >= 11 is 0. The molecule has 1 fully saturated rings. The Morgan fingerprint density at radius 3 is 2.74 bits per heavy atom. The molecule has 3 rings (SSSR count). The van der Waals surface area contributed by atoms with Crippen molar-refractivity contribution in [2.24, 2.45) is 5.92 Å². The van der Waals surface area contributed by atoms with E-state index in [9.17, 15) is 9.59 Å². The van der Waals surface area contributed by atoms with Crippen molar-refractivity contribution in [2.75, 3.05) is 13.7 Å². The Labute approximate surface area is 184 Å². The highest BCUT2D eigenvalue weighted by molar-refractivity contribution is 5.80. The second-order valence-electron chi connectivity index (χ2n) is 8.36. The number of esters is 1. The third-order valence-corrected chi connectivity index (χ3v) is 6.14. The molecule has 0 aliphatic heterocycles. The van der Waals surface area contributed by atoms with Gasteiger partial charge in [0.25, 0.3) is 5.91 Å². The second kappa shape index (κ2) is 10.5. The minimum atomic E-state index is -0.375. The van der Waals surface area contributed by atoms with Gasteiger partial charge in [-0.05, 0) is 56.7 Å². The van der Waals surface area contributed by atoms with Gasteiger partial charge in [0.1, 0.15) is 5.75 Å². The molecule has 0 radical (unpaired) electrons. The highest BCUT2D eigenvalue weighted by Crippen LogP contribution is 2.24. The molecular weight excluding hydrogens is 394 g/mol. The van der Waals surface area contributed by atoms with Crippen LogP contribution in [0.3, 0.4) is 0 Å². The molecule has 31 heavy (non-hydrogen) atoms. The number of hydrogen-bond donors (Lipinski definition) is 1. The maximum Gasteiger partial charge on any atom is 0.306 e. The van der Waals surface area contributed by atoms with Crippen molar-refractivity contribution in [2.45, 2.75) is 65.3 Å². The molecule has 1 amide bonds. The number of nitrogens with zero attached hydrogens (tertiary/aromatic N) is 2. The van der Waals surface area contributed by atoms with Gasteiger partial charge in [-0.25, -0.2) is 4.68 Å². The molecule has 1 heterocycles. The Morgan fingerprint density at radius 2 is 2.00 bits per heavy atom. The molecule has 2 atom stereocenters. The summed E-state index contributed by atoms with van der Waals surface area (Å²) in [5.41, 5.74) is 3.77. The van der Waals surface area contributed by atoms with Gasteiger partial charge < -0.3 is 14.8 Å². The van der Waals surface area contributed by atoms with E-state index in [0.29, 0.717) is 12.3 Å². The molecule has 1 aromatic heterocycles. The first-order valence-corrected chi connectivity index (χ1v) is 11.0. The number of rotatable bonds is 8. The number of carbonyl (C=O) groups is 2. The SMILES string of the molecule is COc1cccc(-n2nc(C)c(CCC(=O)OCC(=O)N[C@H]3CCCC[C@H]3C)c2C)c1. The normalized spacial score (nSPS) is 18.5. The van der Waals surface area contributed by atoms with Gasteiger partial charge in [0.2, 0.25) is 0 Å². The topological polar surface area (TPSA) is 82.5 Å². The second-order valence-corrected chi connectivity index (χ2v) is 8.36. The van der Waals surface area contributed by atoms with E-state index in [4.69, 9.17) is 9.47 Å². The number of benzene rings is 1. The smallest absolute Gasteiger partial charge is 0.306 e. The Morgan fingerprint density at radius 1 is 1.23 bits per heavy atom. The van der Waals surface area contributed by atoms with Gasteiger partial charge in [-0.3, -0.25) is 9.59 Å². The number of aryl methyl sites for hydroxylation is 1. The van der Waals surface area contributed by atoms with Crippen LogP contribution in [-0.4, -0.2) is 41.4 Å². The van der Waals surface area contributed by atoms with E-state index in [1.54, 1.807) is 7.11 Å². The Bertz CT molecular complexity index is 922. The molecular formula is C24H33N3O4. The molecule has 1 aliphatic carbocycles. The van der Waals surface area contributed by atoms with Gasteiger partial charge >= 0.3 is 5.97 Å². The molecule has 1 N–H and O–H groups in total. The van der Waals surface area contributed by atoms with Crippen LogP contribution in [0.2, 0.25) is 0 Å². The molecule has 168 valence electrons. The van der Waals surface area contributed by atoms with E-state index >= 15 is 0 Å². The predicted octanol–water partition coefficient (Wildman–Crippen LogP) is 3.67. The Balaban J connectivity index is 1.52. The van der Waals surface area contributed by atoms with Gasteiger partial charge in [-0.2, -0.15) is 5.10 Å². The van der Waals surface area contributed by atoms with Gasteiger partial charge in [-0.1, -0.05) is 25.8 Å². The van der Waals surface area contributed by atoms with Crippen LogP contribution in [0.5, 0.6) is 5.75 Å². The predicted molar refractivity (Wildman–Crippen MR) is 118 cm³/mol. The van der Waals surface area contributed by atoms with Crippen LogP contribution in [-0.2, 0) is 20.7 Å². The maximum absolute atomic E-state index is 12.2. The third-order valence-electron chi connectivity index (χ3n) is 6.14. The van der Waals surface area contributed by atoms with Crippen molar-refractivity contribution in [3.05, 3.63) is 41.2 Å². The summed E-state index contributed by atoms with van der Waals surface area (Å²) in [5.74, 6) is 0.640. The number of hydrogen-bond acceptors (Lipinski definition) is 5. The lowest BCUT2D eigenvalue weighted by Gasteiger charge is -2.29. The summed E-state index contributed by atoms with van der Waals surface area (Å²) < 4.78 is 12.4. The van der Waals surface area contributed by atoms with E-state index < -0.39 is 0 Å². The van der Waals surface area contributed by atoms with Crippen molar-refractivity contribution >= 4 is 11.9 Å². The highest BCUT2D eigenvalue weighted by atomic mass is 16.5. The van der Waals surface area contributed by atoms with E-state index in [0.717, 1.165) is 47.7 Å². The fraction of sp³-hybridized carbons (Fsp3) is 0.542. The number of amides is 1. The van der Waals surface area contributed by atoms with Gasteiger partial charge in [-0.15, -0.1) is 0 Å². The summed E-state index contributed by atoms with van der Waals surface area (Å²) in [5, 5.41) is 7.63. The molecule has 0 saturated heterocycles. The zero-order valence-electron chi connectivity index (χ0n) is 18.9. The van der Waals surface area contributed by atoms with Gasteiger partial charge in [0.15, 0.2) is 6.61 Å². The molecule has 2 aromatic rings. The number of ether oxygens (including phenoxy) is 2. The van der Waals surface area contributed by atoms with Crippen molar-refractivity contribution in [3.63, 3.8) is 0 Å². The zero-order chi connectivity index (χ0) is 22.4. The van der Waals surface area contributed by atoms with E-state index in [1.165, 1.54) is 6.42 Å². The van der Waals surface area contributed by atoms with Gasteiger partial charge in [0, 0.05) is 24.2 Å². The summed E-state index contributed by atoms with van der Waals surface area (Å²) in [6, 6.07) is 7.88. The fourth-order valence-corrected chi connectivity index (χ4v) is 4.25. The van der Waals surface area contributed by atoms with Gasteiger partial charge in [0.05, 0.1) is 18.5 Å². The van der Waals surface area contributed by atoms with Crippen LogP contribution in [0.4, 0.5) is 0 Å². The quantitative estimate of drug-likeness (QED) is 0.650. The highest BCUT2D eigenvalue weighted by Gasteiger charge is 2.23. The largest absolute Gasteiger partial charge is 0.497 e. The van der Waals surface area contributed by atoms with Crippen LogP contribution in [0.25, 0.3) is 5.69 Å². The van der Waals surface area contributed by atoms with Crippen molar-refractivity contribution < 1.29 is 19.1 Å². The first-order valence-electron chi connectivity index (χ1n) is 11.0. The molecule has 1 aliphatic rings. The lowest BCUT2D eigenvalue weighted by molar-refractivity contribution is -0.148. The van der Waals surface area contributed by atoms with E-state index in [1.807, 2.05) is 42.8 Å². The molecule has 0 spiro atoms. The number of methoxy groups -OCH3 is 1. The Hall–Kier alpha value is -2.83. The number of aromatic nitrogens is 2. The van der Waals surface area contributed by atoms with Crippen LogP contribution in [0.1, 0.15) is 56.0 Å². The summed E-state index contributed by atoms with van der Waals surface area (Å²) in [6.45, 7) is 5.86. The lowest BCUT2D eigenvalue weighted by atomic mass is 9.86. The first-order chi connectivity index (χ1) is 14.9. The third kappa shape index (κ3) is 5.87. The van der Waals surface area contributed by atoms with E-state index in [-0.39, 0.29) is 30.9 Å². The molecule has 1 saturated carbocycles. The molecule has 0 unspecified atom stereocenters. The Kier molecular flexibility index (Phi) is 7.71. The van der Waals surface area contributed by atoms with E-state index in [2.05, 4.69) is 17.3 Å².